The lowest BCUT2D eigenvalue weighted by Gasteiger charge is -2.35. The summed E-state index contributed by atoms with van der Waals surface area (Å²) in [5.74, 6) is 0.392. The fraction of sp³-hybridized carbons (Fsp3) is 0.688. The molecule has 21 heavy (non-hydrogen) atoms. The molecule has 3 N–H and O–H groups in total. The van der Waals surface area contributed by atoms with Crippen molar-refractivity contribution in [2.45, 2.75) is 38.6 Å². The van der Waals surface area contributed by atoms with E-state index in [0.29, 0.717) is 0 Å². The molecule has 2 rings (SSSR count). The monoisotopic (exact) mass is 309 g/mol. The molecule has 1 fully saturated rings. The highest BCUT2D eigenvalue weighted by Crippen LogP contribution is 2.18. The number of nitrogens with zero attached hydrogens (tertiary/aromatic N) is 1. The SMILES string of the molecule is CC(C)(N)CN1CCC(C(=O)NCCc2cccs2)CC1. The minimum atomic E-state index is -0.157. The molecule has 0 aliphatic carbocycles. The Morgan fingerprint density at radius 3 is 2.76 bits per heavy atom. The predicted molar refractivity (Wildman–Crippen MR) is 88.5 cm³/mol. The average molecular weight is 309 g/mol. The van der Waals surface area contributed by atoms with Crippen molar-refractivity contribution >= 4 is 17.2 Å². The van der Waals surface area contributed by atoms with Gasteiger partial charge in [-0.05, 0) is 57.6 Å². The van der Waals surface area contributed by atoms with Gasteiger partial charge in [-0.15, -0.1) is 11.3 Å². The van der Waals surface area contributed by atoms with Gasteiger partial charge in [-0.25, -0.2) is 0 Å². The molecule has 118 valence electrons. The Morgan fingerprint density at radius 1 is 1.48 bits per heavy atom. The Balaban J connectivity index is 1.66. The van der Waals surface area contributed by atoms with Gasteiger partial charge in [-0.3, -0.25) is 4.79 Å². The van der Waals surface area contributed by atoms with Crippen molar-refractivity contribution in [3.8, 4) is 0 Å². The largest absolute Gasteiger partial charge is 0.355 e. The van der Waals surface area contributed by atoms with Gasteiger partial charge in [0.15, 0.2) is 0 Å². The van der Waals surface area contributed by atoms with Crippen molar-refractivity contribution in [2.75, 3.05) is 26.2 Å². The molecule has 5 heteroatoms. The maximum atomic E-state index is 12.2. The second-order valence-electron chi connectivity index (χ2n) is 6.66. The van der Waals surface area contributed by atoms with Crippen LogP contribution in [0.15, 0.2) is 17.5 Å². The molecule has 4 nitrogen and oxygen atoms in total. The first-order valence-corrected chi connectivity index (χ1v) is 8.63. The van der Waals surface area contributed by atoms with E-state index in [1.807, 2.05) is 0 Å². The minimum Gasteiger partial charge on any atom is -0.355 e. The molecule has 1 aromatic rings. The van der Waals surface area contributed by atoms with Crippen LogP contribution in [0.2, 0.25) is 0 Å². The molecule has 0 unspecified atom stereocenters. The number of piperidine rings is 1. The molecular weight excluding hydrogens is 282 g/mol. The quantitative estimate of drug-likeness (QED) is 0.843. The van der Waals surface area contributed by atoms with Crippen molar-refractivity contribution in [3.05, 3.63) is 22.4 Å². The van der Waals surface area contributed by atoms with Crippen LogP contribution < -0.4 is 11.1 Å². The van der Waals surface area contributed by atoms with Gasteiger partial charge >= 0.3 is 0 Å². The Hall–Kier alpha value is -0.910. The van der Waals surface area contributed by atoms with E-state index in [9.17, 15) is 4.79 Å². The number of hydrogen-bond donors (Lipinski definition) is 2. The number of thiophene rings is 1. The Bertz CT molecular complexity index is 431. The molecule has 0 saturated carbocycles. The van der Waals surface area contributed by atoms with E-state index in [4.69, 9.17) is 5.73 Å². The highest BCUT2D eigenvalue weighted by molar-refractivity contribution is 7.09. The first-order chi connectivity index (χ1) is 9.94. The summed E-state index contributed by atoms with van der Waals surface area (Å²) >= 11 is 1.75. The van der Waals surface area contributed by atoms with Gasteiger partial charge in [-0.2, -0.15) is 0 Å². The topological polar surface area (TPSA) is 58.4 Å². The van der Waals surface area contributed by atoms with Crippen LogP contribution in [0.5, 0.6) is 0 Å². The summed E-state index contributed by atoms with van der Waals surface area (Å²) in [5, 5.41) is 5.15. The maximum absolute atomic E-state index is 12.2. The molecular formula is C16H27N3OS. The summed E-state index contributed by atoms with van der Waals surface area (Å²) < 4.78 is 0. The van der Waals surface area contributed by atoms with Crippen LogP contribution in [0, 0.1) is 5.92 Å². The zero-order chi connectivity index (χ0) is 15.3. The smallest absolute Gasteiger partial charge is 0.223 e. The molecule has 0 radical (unpaired) electrons. The zero-order valence-corrected chi connectivity index (χ0v) is 13.9. The summed E-state index contributed by atoms with van der Waals surface area (Å²) in [6.07, 6.45) is 2.82. The Kier molecular flexibility index (Phi) is 5.79. The van der Waals surface area contributed by atoms with Gasteiger partial charge in [0.25, 0.3) is 0 Å². The molecule has 0 spiro atoms. The highest BCUT2D eigenvalue weighted by Gasteiger charge is 2.26. The minimum absolute atomic E-state index is 0.157. The lowest BCUT2D eigenvalue weighted by Crippen LogP contribution is -2.49. The number of rotatable bonds is 6. The number of carbonyl (C=O) groups is 1. The zero-order valence-electron chi connectivity index (χ0n) is 13.1. The van der Waals surface area contributed by atoms with E-state index in [2.05, 4.69) is 41.6 Å². The van der Waals surface area contributed by atoms with Crippen molar-refractivity contribution < 1.29 is 4.79 Å². The molecule has 2 heterocycles. The van der Waals surface area contributed by atoms with Gasteiger partial charge in [0.05, 0.1) is 0 Å². The van der Waals surface area contributed by atoms with E-state index in [1.54, 1.807) is 11.3 Å². The number of nitrogens with two attached hydrogens (primary N) is 1. The lowest BCUT2D eigenvalue weighted by atomic mass is 9.94. The number of hydrogen-bond acceptors (Lipinski definition) is 4. The van der Waals surface area contributed by atoms with Crippen molar-refractivity contribution in [3.63, 3.8) is 0 Å². The maximum Gasteiger partial charge on any atom is 0.223 e. The standard InChI is InChI=1S/C16H27N3OS/c1-16(2,17)12-19-9-6-13(7-10-19)15(20)18-8-5-14-4-3-11-21-14/h3-4,11,13H,5-10,12,17H2,1-2H3,(H,18,20). The fourth-order valence-electron chi connectivity index (χ4n) is 2.84. The predicted octanol–water partition coefficient (Wildman–Crippen LogP) is 1.86. The fourth-order valence-corrected chi connectivity index (χ4v) is 3.55. The van der Waals surface area contributed by atoms with Crippen LogP contribution in [-0.2, 0) is 11.2 Å². The number of nitrogens with one attached hydrogen (secondary N) is 1. The molecule has 1 aliphatic rings. The lowest BCUT2D eigenvalue weighted by molar-refractivity contribution is -0.126. The number of amides is 1. The van der Waals surface area contributed by atoms with Crippen LogP contribution in [-0.4, -0.2) is 42.5 Å². The normalized spacial score (nSPS) is 17.9. The first-order valence-electron chi connectivity index (χ1n) is 7.75. The molecule has 1 aliphatic heterocycles. The first kappa shape index (κ1) is 16.5. The van der Waals surface area contributed by atoms with Crippen LogP contribution in [0.1, 0.15) is 31.6 Å². The summed E-state index contributed by atoms with van der Waals surface area (Å²) in [4.78, 5) is 15.9. The molecule has 0 bridgehead atoms. The Morgan fingerprint density at radius 2 is 2.19 bits per heavy atom. The number of likely N-dealkylation sites (tertiary alicyclic amines) is 1. The van der Waals surface area contributed by atoms with Crippen molar-refractivity contribution in [1.82, 2.24) is 10.2 Å². The molecule has 1 saturated heterocycles. The van der Waals surface area contributed by atoms with Gasteiger partial charge in [0.2, 0.25) is 5.91 Å². The third-order valence-corrected chi connectivity index (χ3v) is 4.78. The van der Waals surface area contributed by atoms with Crippen LogP contribution >= 0.6 is 11.3 Å². The third-order valence-electron chi connectivity index (χ3n) is 3.84. The van der Waals surface area contributed by atoms with Crippen molar-refractivity contribution in [2.24, 2.45) is 11.7 Å². The van der Waals surface area contributed by atoms with E-state index >= 15 is 0 Å². The average Bonchev–Trinajstić information content (AvgIpc) is 2.91. The van der Waals surface area contributed by atoms with Gasteiger partial charge < -0.3 is 16.0 Å². The number of carbonyl (C=O) groups excluding carboxylic acids is 1. The molecule has 1 amide bonds. The Labute approximate surface area is 131 Å². The molecule has 0 atom stereocenters. The van der Waals surface area contributed by atoms with E-state index in [1.165, 1.54) is 4.88 Å². The van der Waals surface area contributed by atoms with Gasteiger partial charge in [0, 0.05) is 29.4 Å². The highest BCUT2D eigenvalue weighted by atomic mass is 32.1. The summed E-state index contributed by atoms with van der Waals surface area (Å²) in [7, 11) is 0. The summed E-state index contributed by atoms with van der Waals surface area (Å²) in [6.45, 7) is 7.70. The van der Waals surface area contributed by atoms with Gasteiger partial charge in [-0.1, -0.05) is 6.07 Å². The van der Waals surface area contributed by atoms with E-state index in [0.717, 1.165) is 45.4 Å². The van der Waals surface area contributed by atoms with E-state index < -0.39 is 0 Å². The third kappa shape index (κ3) is 5.77. The van der Waals surface area contributed by atoms with Crippen molar-refractivity contribution in [1.29, 1.82) is 0 Å². The van der Waals surface area contributed by atoms with Crippen LogP contribution in [0.3, 0.4) is 0 Å². The van der Waals surface area contributed by atoms with E-state index in [-0.39, 0.29) is 17.4 Å². The summed E-state index contributed by atoms with van der Waals surface area (Å²) in [5.41, 5.74) is 5.90. The molecule has 1 aromatic heterocycles. The van der Waals surface area contributed by atoms with Crippen LogP contribution in [0.4, 0.5) is 0 Å². The van der Waals surface area contributed by atoms with Crippen LogP contribution in [0.25, 0.3) is 0 Å². The summed E-state index contributed by atoms with van der Waals surface area (Å²) in [6, 6.07) is 4.17. The molecule has 0 aromatic carbocycles. The second kappa shape index (κ2) is 7.38. The second-order valence-corrected chi connectivity index (χ2v) is 7.69. The van der Waals surface area contributed by atoms with Gasteiger partial charge in [0.1, 0.15) is 0 Å².